The van der Waals surface area contributed by atoms with E-state index in [2.05, 4.69) is 41.0 Å². The summed E-state index contributed by atoms with van der Waals surface area (Å²) in [5.74, 6) is 1.59. The van der Waals surface area contributed by atoms with Gasteiger partial charge in [-0.1, -0.05) is 13.8 Å². The first-order chi connectivity index (χ1) is 7.63. The average molecular weight is 222 g/mol. The van der Waals surface area contributed by atoms with Gasteiger partial charge >= 0.3 is 0 Å². The van der Waals surface area contributed by atoms with E-state index in [-0.39, 0.29) is 0 Å². The van der Waals surface area contributed by atoms with E-state index in [1.807, 2.05) is 19.4 Å². The van der Waals surface area contributed by atoms with Crippen molar-refractivity contribution in [1.29, 1.82) is 0 Å². The minimum atomic E-state index is 0.665. The van der Waals surface area contributed by atoms with Crippen LogP contribution in [-0.2, 0) is 6.54 Å². The van der Waals surface area contributed by atoms with Gasteiger partial charge < -0.3 is 10.2 Å². The molecule has 0 unspecified atom stereocenters. The minimum Gasteiger partial charge on any atom is -0.359 e. The maximum Gasteiger partial charge on any atom is 0.146 e. The topological polar surface area (TPSA) is 41.1 Å². The maximum atomic E-state index is 4.38. The lowest BCUT2D eigenvalue weighted by atomic mass is 10.2. The van der Waals surface area contributed by atoms with Crippen LogP contribution in [0.3, 0.4) is 0 Å². The SMILES string of the molecule is CCN(C)c1cnc(CNCC(C)C)cn1. The van der Waals surface area contributed by atoms with Crippen LogP contribution in [0, 0.1) is 5.92 Å². The van der Waals surface area contributed by atoms with Crippen molar-refractivity contribution < 1.29 is 0 Å². The highest BCUT2D eigenvalue weighted by Gasteiger charge is 2.01. The van der Waals surface area contributed by atoms with Crippen molar-refractivity contribution >= 4 is 5.82 Å². The number of hydrogen-bond acceptors (Lipinski definition) is 4. The zero-order chi connectivity index (χ0) is 12.0. The Morgan fingerprint density at radius 3 is 2.56 bits per heavy atom. The zero-order valence-electron chi connectivity index (χ0n) is 10.7. The number of nitrogens with one attached hydrogen (secondary N) is 1. The molecule has 1 heterocycles. The molecule has 1 N–H and O–H groups in total. The van der Waals surface area contributed by atoms with Gasteiger partial charge in [0.05, 0.1) is 18.1 Å². The van der Waals surface area contributed by atoms with Gasteiger partial charge in [0.15, 0.2) is 0 Å². The van der Waals surface area contributed by atoms with Gasteiger partial charge in [0, 0.05) is 20.1 Å². The lowest BCUT2D eigenvalue weighted by molar-refractivity contribution is 0.547. The van der Waals surface area contributed by atoms with Crippen LogP contribution in [0.4, 0.5) is 5.82 Å². The summed E-state index contributed by atoms with van der Waals surface area (Å²) in [5.41, 5.74) is 0.994. The molecule has 0 fully saturated rings. The second kappa shape index (κ2) is 6.43. The van der Waals surface area contributed by atoms with E-state index < -0.39 is 0 Å². The standard InChI is InChI=1S/C12H22N4/c1-5-16(4)12-9-14-11(8-15-12)7-13-6-10(2)3/h8-10,13H,5-7H2,1-4H3. The first-order valence-corrected chi connectivity index (χ1v) is 5.86. The molecule has 1 rings (SSSR count). The van der Waals surface area contributed by atoms with Gasteiger partial charge in [0.25, 0.3) is 0 Å². The van der Waals surface area contributed by atoms with Crippen LogP contribution >= 0.6 is 0 Å². The fourth-order valence-corrected chi connectivity index (χ4v) is 1.29. The van der Waals surface area contributed by atoms with Crippen LogP contribution in [0.15, 0.2) is 12.4 Å². The van der Waals surface area contributed by atoms with Crippen LogP contribution in [0.2, 0.25) is 0 Å². The van der Waals surface area contributed by atoms with E-state index >= 15 is 0 Å². The third-order valence-electron chi connectivity index (χ3n) is 2.42. The number of anilines is 1. The number of nitrogens with zero attached hydrogens (tertiary/aromatic N) is 3. The molecule has 90 valence electrons. The van der Waals surface area contributed by atoms with Crippen LogP contribution < -0.4 is 10.2 Å². The lowest BCUT2D eigenvalue weighted by Gasteiger charge is -2.15. The molecule has 0 atom stereocenters. The lowest BCUT2D eigenvalue weighted by Crippen LogP contribution is -2.21. The van der Waals surface area contributed by atoms with Crippen molar-refractivity contribution in [2.45, 2.75) is 27.3 Å². The summed E-state index contributed by atoms with van der Waals surface area (Å²) in [7, 11) is 2.01. The van der Waals surface area contributed by atoms with Gasteiger partial charge in [-0.25, -0.2) is 4.98 Å². The van der Waals surface area contributed by atoms with E-state index in [9.17, 15) is 0 Å². The van der Waals surface area contributed by atoms with Gasteiger partial charge in [-0.15, -0.1) is 0 Å². The first-order valence-electron chi connectivity index (χ1n) is 5.86. The van der Waals surface area contributed by atoms with Crippen molar-refractivity contribution in [3.63, 3.8) is 0 Å². The molecule has 4 heteroatoms. The van der Waals surface area contributed by atoms with Crippen LogP contribution in [0.5, 0.6) is 0 Å². The Balaban J connectivity index is 2.45. The highest BCUT2D eigenvalue weighted by Crippen LogP contribution is 2.05. The third-order valence-corrected chi connectivity index (χ3v) is 2.42. The smallest absolute Gasteiger partial charge is 0.146 e. The van der Waals surface area contributed by atoms with Gasteiger partial charge in [-0.2, -0.15) is 0 Å². The molecular weight excluding hydrogens is 200 g/mol. The van der Waals surface area contributed by atoms with Crippen LogP contribution in [0.1, 0.15) is 26.5 Å². The Kier molecular flexibility index (Phi) is 5.19. The summed E-state index contributed by atoms with van der Waals surface area (Å²) in [6.07, 6.45) is 3.67. The van der Waals surface area contributed by atoms with E-state index in [0.717, 1.165) is 31.1 Å². The van der Waals surface area contributed by atoms with Gasteiger partial charge in [-0.05, 0) is 19.4 Å². The molecule has 0 aliphatic rings. The summed E-state index contributed by atoms with van der Waals surface area (Å²) in [6, 6.07) is 0. The molecule has 0 saturated carbocycles. The molecule has 4 nitrogen and oxygen atoms in total. The number of hydrogen-bond donors (Lipinski definition) is 1. The summed E-state index contributed by atoms with van der Waals surface area (Å²) in [6.45, 7) is 9.23. The largest absolute Gasteiger partial charge is 0.359 e. The highest BCUT2D eigenvalue weighted by molar-refractivity contribution is 5.33. The Morgan fingerprint density at radius 2 is 2.06 bits per heavy atom. The Labute approximate surface area is 98.1 Å². The second-order valence-electron chi connectivity index (χ2n) is 4.40. The van der Waals surface area contributed by atoms with Gasteiger partial charge in [0.2, 0.25) is 0 Å². The van der Waals surface area contributed by atoms with Crippen LogP contribution in [-0.4, -0.2) is 30.1 Å². The molecular formula is C12H22N4. The van der Waals surface area contributed by atoms with Crippen molar-refractivity contribution in [2.24, 2.45) is 5.92 Å². The molecule has 0 bridgehead atoms. The highest BCUT2D eigenvalue weighted by atomic mass is 15.2. The molecule has 0 aliphatic heterocycles. The predicted molar refractivity (Wildman–Crippen MR) is 67.5 cm³/mol. The van der Waals surface area contributed by atoms with Crippen molar-refractivity contribution in [1.82, 2.24) is 15.3 Å². The molecule has 16 heavy (non-hydrogen) atoms. The summed E-state index contributed by atoms with van der Waals surface area (Å²) < 4.78 is 0. The zero-order valence-corrected chi connectivity index (χ0v) is 10.7. The van der Waals surface area contributed by atoms with E-state index in [4.69, 9.17) is 0 Å². The Hall–Kier alpha value is -1.16. The van der Waals surface area contributed by atoms with Crippen molar-refractivity contribution in [3.05, 3.63) is 18.1 Å². The normalized spacial score (nSPS) is 10.8. The Bertz CT molecular complexity index is 294. The molecule has 0 spiro atoms. The van der Waals surface area contributed by atoms with E-state index in [1.165, 1.54) is 0 Å². The molecule has 0 aliphatic carbocycles. The monoisotopic (exact) mass is 222 g/mol. The molecule has 1 aromatic rings. The second-order valence-corrected chi connectivity index (χ2v) is 4.40. The molecule has 0 radical (unpaired) electrons. The molecule has 0 amide bonds. The van der Waals surface area contributed by atoms with Gasteiger partial charge in [-0.3, -0.25) is 4.98 Å². The molecule has 1 aromatic heterocycles. The summed E-state index contributed by atoms with van der Waals surface area (Å²) in [4.78, 5) is 10.8. The minimum absolute atomic E-state index is 0.665. The van der Waals surface area contributed by atoms with Gasteiger partial charge in [0.1, 0.15) is 5.82 Å². The fraction of sp³-hybridized carbons (Fsp3) is 0.667. The molecule has 0 saturated heterocycles. The summed E-state index contributed by atoms with van der Waals surface area (Å²) in [5, 5.41) is 3.35. The maximum absolute atomic E-state index is 4.38. The summed E-state index contributed by atoms with van der Waals surface area (Å²) >= 11 is 0. The average Bonchev–Trinajstić information content (AvgIpc) is 2.28. The number of aromatic nitrogens is 2. The van der Waals surface area contributed by atoms with E-state index in [0.29, 0.717) is 5.92 Å². The number of rotatable bonds is 6. The molecule has 0 aromatic carbocycles. The Morgan fingerprint density at radius 1 is 1.31 bits per heavy atom. The van der Waals surface area contributed by atoms with Crippen molar-refractivity contribution in [2.75, 3.05) is 25.0 Å². The third kappa shape index (κ3) is 4.14. The first kappa shape index (κ1) is 12.9. The van der Waals surface area contributed by atoms with Crippen LogP contribution in [0.25, 0.3) is 0 Å². The fourth-order valence-electron chi connectivity index (χ4n) is 1.29. The van der Waals surface area contributed by atoms with Crippen molar-refractivity contribution in [3.8, 4) is 0 Å². The predicted octanol–water partition coefficient (Wildman–Crippen LogP) is 1.68. The quantitative estimate of drug-likeness (QED) is 0.795. The van der Waals surface area contributed by atoms with E-state index in [1.54, 1.807) is 0 Å².